The Hall–Kier alpha value is -1.88. The second-order valence-electron chi connectivity index (χ2n) is 3.08. The van der Waals surface area contributed by atoms with Crippen LogP contribution in [0.15, 0.2) is 35.3 Å². The van der Waals surface area contributed by atoms with Crippen molar-refractivity contribution < 1.29 is 9.21 Å². The van der Waals surface area contributed by atoms with Gasteiger partial charge in [-0.2, -0.15) is 0 Å². The van der Waals surface area contributed by atoms with Gasteiger partial charge in [-0.15, -0.1) is 0 Å². The first-order valence-corrected chi connectivity index (χ1v) is 4.62. The van der Waals surface area contributed by atoms with Gasteiger partial charge in [-0.1, -0.05) is 0 Å². The van der Waals surface area contributed by atoms with Gasteiger partial charge in [0.05, 0.1) is 6.26 Å². The van der Waals surface area contributed by atoms with E-state index in [0.717, 1.165) is 5.69 Å². The first kappa shape index (κ1) is 9.67. The number of rotatable bonds is 3. The van der Waals surface area contributed by atoms with Gasteiger partial charge in [0.2, 0.25) is 0 Å². The number of imidazole rings is 1. The van der Waals surface area contributed by atoms with Crippen LogP contribution in [0, 0.1) is 0 Å². The van der Waals surface area contributed by atoms with E-state index in [-0.39, 0.29) is 5.91 Å². The average Bonchev–Trinajstić information content (AvgIpc) is 2.87. The van der Waals surface area contributed by atoms with Gasteiger partial charge in [-0.25, -0.2) is 4.98 Å². The number of carbonyl (C=O) groups is 1. The Morgan fingerprint density at radius 2 is 2.47 bits per heavy atom. The highest BCUT2D eigenvalue weighted by Gasteiger charge is 2.14. The summed E-state index contributed by atoms with van der Waals surface area (Å²) in [6, 6.07) is 3.29. The van der Waals surface area contributed by atoms with Gasteiger partial charge in [0.15, 0.2) is 5.76 Å². The summed E-state index contributed by atoms with van der Waals surface area (Å²) in [5.41, 5.74) is 6.22. The van der Waals surface area contributed by atoms with E-state index in [1.165, 1.54) is 17.2 Å². The van der Waals surface area contributed by atoms with Crippen LogP contribution < -0.4 is 5.73 Å². The van der Waals surface area contributed by atoms with Gasteiger partial charge in [-0.05, 0) is 18.7 Å². The lowest BCUT2D eigenvalue weighted by atomic mass is 10.3. The number of nitrogens with two attached hydrogens (primary N) is 1. The molecule has 0 aliphatic carbocycles. The molecule has 0 amide bonds. The second-order valence-corrected chi connectivity index (χ2v) is 3.08. The average molecular weight is 205 g/mol. The zero-order valence-electron chi connectivity index (χ0n) is 8.09. The summed E-state index contributed by atoms with van der Waals surface area (Å²) >= 11 is 0. The number of furan rings is 1. The maximum atomic E-state index is 11.9. The summed E-state index contributed by atoms with van der Waals surface area (Å²) in [6.45, 7) is 0.483. The van der Waals surface area contributed by atoms with Crippen LogP contribution >= 0.6 is 0 Å². The summed E-state index contributed by atoms with van der Waals surface area (Å²) in [4.78, 5) is 15.8. The van der Waals surface area contributed by atoms with Gasteiger partial charge in [0, 0.05) is 18.3 Å². The van der Waals surface area contributed by atoms with Crippen molar-refractivity contribution in [1.29, 1.82) is 0 Å². The van der Waals surface area contributed by atoms with Crippen molar-refractivity contribution in [1.82, 2.24) is 9.55 Å². The molecule has 2 aromatic rings. The Labute approximate surface area is 86.5 Å². The van der Waals surface area contributed by atoms with Gasteiger partial charge < -0.3 is 10.2 Å². The van der Waals surface area contributed by atoms with Crippen LogP contribution in [0.1, 0.15) is 16.2 Å². The van der Waals surface area contributed by atoms with Gasteiger partial charge in [0.1, 0.15) is 6.33 Å². The third-order valence-corrected chi connectivity index (χ3v) is 2.07. The van der Waals surface area contributed by atoms with Crippen molar-refractivity contribution >= 4 is 5.91 Å². The van der Waals surface area contributed by atoms with Crippen molar-refractivity contribution in [2.45, 2.75) is 6.42 Å². The third-order valence-electron chi connectivity index (χ3n) is 2.07. The fourth-order valence-corrected chi connectivity index (χ4v) is 1.36. The maximum absolute atomic E-state index is 11.9. The predicted octanol–water partition coefficient (Wildman–Crippen LogP) is 0.666. The van der Waals surface area contributed by atoms with Crippen LogP contribution in [-0.4, -0.2) is 22.0 Å². The zero-order valence-corrected chi connectivity index (χ0v) is 8.09. The Morgan fingerprint density at radius 1 is 1.60 bits per heavy atom. The molecule has 0 aromatic carbocycles. The molecule has 5 heteroatoms. The Balaban J connectivity index is 2.29. The summed E-state index contributed by atoms with van der Waals surface area (Å²) in [6.07, 6.45) is 5.18. The zero-order chi connectivity index (χ0) is 10.7. The molecule has 0 aliphatic heterocycles. The summed E-state index contributed by atoms with van der Waals surface area (Å²) in [7, 11) is 0. The van der Waals surface area contributed by atoms with Crippen LogP contribution in [0.5, 0.6) is 0 Å². The first-order valence-electron chi connectivity index (χ1n) is 4.62. The molecule has 2 N–H and O–H groups in total. The minimum absolute atomic E-state index is 0.221. The minimum Gasteiger partial charge on any atom is -0.459 e. The number of aromatic nitrogens is 2. The molecule has 2 aromatic heterocycles. The molecule has 0 saturated carbocycles. The fraction of sp³-hybridized carbons (Fsp3) is 0.200. The molecule has 15 heavy (non-hydrogen) atoms. The Morgan fingerprint density at radius 3 is 3.13 bits per heavy atom. The van der Waals surface area contributed by atoms with Crippen LogP contribution in [0.3, 0.4) is 0 Å². The highest BCUT2D eigenvalue weighted by Crippen LogP contribution is 2.07. The number of hydrogen-bond acceptors (Lipinski definition) is 4. The minimum atomic E-state index is -0.221. The number of hydrogen-bond donors (Lipinski definition) is 1. The molecule has 0 unspecified atom stereocenters. The monoisotopic (exact) mass is 205 g/mol. The smallest absolute Gasteiger partial charge is 0.299 e. The molecule has 0 saturated heterocycles. The number of nitrogens with zero attached hydrogens (tertiary/aromatic N) is 2. The van der Waals surface area contributed by atoms with Crippen LogP contribution in [0.2, 0.25) is 0 Å². The van der Waals surface area contributed by atoms with Crippen molar-refractivity contribution in [2.75, 3.05) is 6.54 Å². The predicted molar refractivity (Wildman–Crippen MR) is 53.4 cm³/mol. The SMILES string of the molecule is NCCc1cncn1C(=O)c1ccco1. The van der Waals surface area contributed by atoms with E-state index >= 15 is 0 Å². The fourth-order valence-electron chi connectivity index (χ4n) is 1.36. The highest BCUT2D eigenvalue weighted by molar-refractivity contribution is 5.93. The van der Waals surface area contributed by atoms with Crippen molar-refractivity contribution in [2.24, 2.45) is 5.73 Å². The van der Waals surface area contributed by atoms with Gasteiger partial charge in [-0.3, -0.25) is 9.36 Å². The van der Waals surface area contributed by atoms with E-state index in [4.69, 9.17) is 10.2 Å². The molecule has 2 heterocycles. The molecule has 5 nitrogen and oxygen atoms in total. The molecule has 0 radical (unpaired) electrons. The summed E-state index contributed by atoms with van der Waals surface area (Å²) < 4.78 is 6.47. The second kappa shape index (κ2) is 4.10. The summed E-state index contributed by atoms with van der Waals surface area (Å²) in [5.74, 6) is 0.0761. The molecule has 78 valence electrons. The lowest BCUT2D eigenvalue weighted by Gasteiger charge is -2.02. The molecule has 0 fully saturated rings. The van der Waals surface area contributed by atoms with E-state index in [1.807, 2.05) is 0 Å². The van der Waals surface area contributed by atoms with Gasteiger partial charge in [0.25, 0.3) is 5.91 Å². The molecule has 0 bridgehead atoms. The topological polar surface area (TPSA) is 74.0 Å². The van der Waals surface area contributed by atoms with Crippen LogP contribution in [0.25, 0.3) is 0 Å². The normalized spacial score (nSPS) is 10.5. The van der Waals surface area contributed by atoms with E-state index < -0.39 is 0 Å². The molecule has 2 rings (SSSR count). The largest absolute Gasteiger partial charge is 0.459 e. The quantitative estimate of drug-likeness (QED) is 0.799. The number of carbonyl (C=O) groups excluding carboxylic acids is 1. The highest BCUT2D eigenvalue weighted by atomic mass is 16.3. The Bertz CT molecular complexity index is 445. The van der Waals surface area contributed by atoms with E-state index in [0.29, 0.717) is 18.7 Å². The maximum Gasteiger partial charge on any atom is 0.299 e. The van der Waals surface area contributed by atoms with Crippen molar-refractivity contribution in [3.8, 4) is 0 Å². The first-order chi connectivity index (χ1) is 7.33. The third kappa shape index (κ3) is 1.82. The molecule has 0 atom stereocenters. The van der Waals surface area contributed by atoms with E-state index in [9.17, 15) is 4.79 Å². The van der Waals surface area contributed by atoms with Crippen LogP contribution in [-0.2, 0) is 6.42 Å². The molecule has 0 aliphatic rings. The summed E-state index contributed by atoms with van der Waals surface area (Å²) in [5, 5.41) is 0. The van der Waals surface area contributed by atoms with Gasteiger partial charge >= 0.3 is 0 Å². The van der Waals surface area contributed by atoms with Crippen molar-refractivity contribution in [3.63, 3.8) is 0 Å². The lowest BCUT2D eigenvalue weighted by molar-refractivity contribution is 0.0929. The van der Waals surface area contributed by atoms with E-state index in [2.05, 4.69) is 4.98 Å². The molecular formula is C10H11N3O2. The molecule has 0 spiro atoms. The standard InChI is InChI=1S/C10H11N3O2/c11-4-3-8-6-12-7-13(8)10(14)9-2-1-5-15-9/h1-2,5-7H,3-4,11H2. The van der Waals surface area contributed by atoms with Crippen molar-refractivity contribution in [3.05, 3.63) is 42.4 Å². The van der Waals surface area contributed by atoms with E-state index in [1.54, 1.807) is 18.3 Å². The van der Waals surface area contributed by atoms with Crippen LogP contribution in [0.4, 0.5) is 0 Å². The Kier molecular flexibility index (Phi) is 2.64. The molecular weight excluding hydrogens is 194 g/mol. The lowest BCUT2D eigenvalue weighted by Crippen LogP contribution is -2.15.